The molecule has 0 aromatic carbocycles. The van der Waals surface area contributed by atoms with Crippen LogP contribution in [-0.4, -0.2) is 41.0 Å². The Bertz CT molecular complexity index is 405. The van der Waals surface area contributed by atoms with Crippen molar-refractivity contribution in [2.24, 2.45) is 5.92 Å². The highest BCUT2D eigenvalue weighted by molar-refractivity contribution is 6.28. The SMILES string of the molecule is CC(C)CNC(=O)CN(C)c1nc(N)nc(Cl)n1. The first-order valence-corrected chi connectivity index (χ1v) is 5.91. The number of nitrogens with two attached hydrogens (primary N) is 1. The van der Waals surface area contributed by atoms with E-state index in [2.05, 4.69) is 20.3 Å². The Morgan fingerprint density at radius 3 is 2.67 bits per heavy atom. The highest BCUT2D eigenvalue weighted by Crippen LogP contribution is 2.10. The molecular weight excluding hydrogens is 256 g/mol. The van der Waals surface area contributed by atoms with Gasteiger partial charge in [0.25, 0.3) is 0 Å². The van der Waals surface area contributed by atoms with E-state index >= 15 is 0 Å². The molecule has 3 N–H and O–H groups in total. The molecule has 0 bridgehead atoms. The summed E-state index contributed by atoms with van der Waals surface area (Å²) in [6.07, 6.45) is 0. The number of anilines is 2. The first-order valence-electron chi connectivity index (χ1n) is 5.53. The fraction of sp³-hybridized carbons (Fsp3) is 0.600. The highest BCUT2D eigenvalue weighted by Gasteiger charge is 2.11. The summed E-state index contributed by atoms with van der Waals surface area (Å²) < 4.78 is 0. The zero-order valence-corrected chi connectivity index (χ0v) is 11.4. The molecule has 100 valence electrons. The first kappa shape index (κ1) is 14.4. The van der Waals surface area contributed by atoms with Gasteiger partial charge in [-0.3, -0.25) is 4.79 Å². The molecule has 1 amide bonds. The summed E-state index contributed by atoms with van der Waals surface area (Å²) in [5, 5.41) is 2.80. The van der Waals surface area contributed by atoms with E-state index in [4.69, 9.17) is 17.3 Å². The lowest BCUT2D eigenvalue weighted by molar-refractivity contribution is -0.119. The van der Waals surface area contributed by atoms with Crippen LogP contribution in [0.15, 0.2) is 0 Å². The van der Waals surface area contributed by atoms with Crippen LogP contribution >= 0.6 is 11.6 Å². The zero-order chi connectivity index (χ0) is 13.7. The van der Waals surface area contributed by atoms with E-state index in [1.54, 1.807) is 11.9 Å². The predicted molar refractivity (Wildman–Crippen MR) is 70.4 cm³/mol. The van der Waals surface area contributed by atoms with Crippen molar-refractivity contribution in [3.63, 3.8) is 0 Å². The van der Waals surface area contributed by atoms with Gasteiger partial charge in [-0.25, -0.2) is 0 Å². The number of hydrogen-bond donors (Lipinski definition) is 2. The lowest BCUT2D eigenvalue weighted by Crippen LogP contribution is -2.37. The smallest absolute Gasteiger partial charge is 0.239 e. The average molecular weight is 273 g/mol. The fourth-order valence-corrected chi connectivity index (χ4v) is 1.35. The Morgan fingerprint density at radius 1 is 1.44 bits per heavy atom. The number of nitrogens with zero attached hydrogens (tertiary/aromatic N) is 4. The molecule has 0 atom stereocenters. The monoisotopic (exact) mass is 272 g/mol. The second-order valence-electron chi connectivity index (χ2n) is 4.32. The number of rotatable bonds is 5. The molecule has 1 rings (SSSR count). The minimum absolute atomic E-state index is 0.00642. The van der Waals surface area contributed by atoms with Crippen molar-refractivity contribution >= 4 is 29.4 Å². The normalized spacial score (nSPS) is 10.5. The van der Waals surface area contributed by atoms with Gasteiger partial charge in [-0.2, -0.15) is 15.0 Å². The van der Waals surface area contributed by atoms with Gasteiger partial charge in [-0.1, -0.05) is 13.8 Å². The number of carbonyl (C=O) groups is 1. The number of likely N-dealkylation sites (N-methyl/N-ethyl adjacent to an activating group) is 1. The summed E-state index contributed by atoms with van der Waals surface area (Å²) in [4.78, 5) is 24.6. The van der Waals surface area contributed by atoms with Gasteiger partial charge in [0.05, 0.1) is 6.54 Å². The van der Waals surface area contributed by atoms with Crippen molar-refractivity contribution in [3.8, 4) is 0 Å². The third-order valence-corrected chi connectivity index (χ3v) is 2.21. The standard InChI is InChI=1S/C10H17ClN6O/c1-6(2)4-13-7(18)5-17(3)10-15-8(11)14-9(12)16-10/h6H,4-5H2,1-3H3,(H,13,18)(H2,12,14,15,16). The molecule has 1 heterocycles. The van der Waals surface area contributed by atoms with Crippen LogP contribution in [0, 0.1) is 5.92 Å². The largest absolute Gasteiger partial charge is 0.368 e. The summed E-state index contributed by atoms with van der Waals surface area (Å²) in [7, 11) is 1.68. The van der Waals surface area contributed by atoms with Crippen molar-refractivity contribution < 1.29 is 4.79 Å². The predicted octanol–water partition coefficient (Wildman–Crippen LogP) is 0.316. The third-order valence-electron chi connectivity index (χ3n) is 2.04. The van der Waals surface area contributed by atoms with E-state index in [1.807, 2.05) is 13.8 Å². The van der Waals surface area contributed by atoms with Crippen LogP contribution in [0.2, 0.25) is 5.28 Å². The number of nitrogen functional groups attached to an aromatic ring is 1. The lowest BCUT2D eigenvalue weighted by atomic mass is 10.2. The quantitative estimate of drug-likeness (QED) is 0.801. The molecule has 0 aliphatic carbocycles. The summed E-state index contributed by atoms with van der Waals surface area (Å²) in [5.74, 6) is 0.592. The van der Waals surface area contributed by atoms with Gasteiger partial charge in [-0.15, -0.1) is 0 Å². The van der Waals surface area contributed by atoms with E-state index in [0.717, 1.165) is 0 Å². The maximum absolute atomic E-state index is 11.6. The lowest BCUT2D eigenvalue weighted by Gasteiger charge is -2.17. The van der Waals surface area contributed by atoms with Crippen LogP contribution in [0.25, 0.3) is 0 Å². The molecular formula is C10H17ClN6O. The molecule has 8 heteroatoms. The second kappa shape index (κ2) is 6.34. The summed E-state index contributed by atoms with van der Waals surface area (Å²) in [6.45, 7) is 4.81. The molecule has 1 aromatic heterocycles. The van der Waals surface area contributed by atoms with Crippen LogP contribution < -0.4 is 16.0 Å². The van der Waals surface area contributed by atoms with Crippen molar-refractivity contribution in [1.82, 2.24) is 20.3 Å². The van der Waals surface area contributed by atoms with Crippen LogP contribution in [0.4, 0.5) is 11.9 Å². The zero-order valence-electron chi connectivity index (χ0n) is 10.6. The molecule has 18 heavy (non-hydrogen) atoms. The molecule has 0 fully saturated rings. The molecule has 0 spiro atoms. The third kappa shape index (κ3) is 4.70. The molecule has 0 aliphatic heterocycles. The number of amides is 1. The maximum atomic E-state index is 11.6. The van der Waals surface area contributed by atoms with Gasteiger partial charge in [0.2, 0.25) is 23.1 Å². The Hall–Kier alpha value is -1.63. The number of hydrogen-bond acceptors (Lipinski definition) is 6. The molecule has 7 nitrogen and oxygen atoms in total. The van der Waals surface area contributed by atoms with Crippen molar-refractivity contribution in [3.05, 3.63) is 5.28 Å². The number of carbonyl (C=O) groups excluding carboxylic acids is 1. The van der Waals surface area contributed by atoms with Gasteiger partial charge >= 0.3 is 0 Å². The van der Waals surface area contributed by atoms with Crippen LogP contribution in [0.1, 0.15) is 13.8 Å². The summed E-state index contributed by atoms with van der Waals surface area (Å²) >= 11 is 5.66. The Morgan fingerprint density at radius 2 is 2.11 bits per heavy atom. The van der Waals surface area contributed by atoms with Gasteiger partial charge < -0.3 is 16.0 Å². The van der Waals surface area contributed by atoms with Crippen LogP contribution in [-0.2, 0) is 4.79 Å². The number of aromatic nitrogens is 3. The summed E-state index contributed by atoms with van der Waals surface area (Å²) in [5.41, 5.74) is 5.45. The molecule has 0 aliphatic rings. The summed E-state index contributed by atoms with van der Waals surface area (Å²) in [6, 6.07) is 0. The molecule has 0 saturated heterocycles. The number of nitrogens with one attached hydrogen (secondary N) is 1. The molecule has 0 saturated carbocycles. The molecule has 0 unspecified atom stereocenters. The second-order valence-corrected chi connectivity index (χ2v) is 4.65. The van der Waals surface area contributed by atoms with Crippen LogP contribution in [0.5, 0.6) is 0 Å². The molecule has 0 radical (unpaired) electrons. The Kier molecular flexibility index (Phi) is 5.08. The van der Waals surface area contributed by atoms with Gasteiger partial charge in [0.1, 0.15) is 0 Å². The van der Waals surface area contributed by atoms with Crippen molar-refractivity contribution in [1.29, 1.82) is 0 Å². The highest BCUT2D eigenvalue weighted by atomic mass is 35.5. The van der Waals surface area contributed by atoms with E-state index in [-0.39, 0.29) is 29.6 Å². The van der Waals surface area contributed by atoms with E-state index in [1.165, 1.54) is 0 Å². The van der Waals surface area contributed by atoms with Gasteiger partial charge in [0.15, 0.2) is 0 Å². The number of halogens is 1. The molecule has 1 aromatic rings. The maximum Gasteiger partial charge on any atom is 0.239 e. The van der Waals surface area contributed by atoms with Gasteiger partial charge in [-0.05, 0) is 17.5 Å². The van der Waals surface area contributed by atoms with Gasteiger partial charge in [0, 0.05) is 13.6 Å². The Balaban J connectivity index is 2.59. The topological polar surface area (TPSA) is 97.0 Å². The van der Waals surface area contributed by atoms with Crippen molar-refractivity contribution in [2.45, 2.75) is 13.8 Å². The van der Waals surface area contributed by atoms with E-state index < -0.39 is 0 Å². The van der Waals surface area contributed by atoms with Crippen LogP contribution in [0.3, 0.4) is 0 Å². The van der Waals surface area contributed by atoms with Crippen molar-refractivity contribution in [2.75, 3.05) is 30.8 Å². The average Bonchev–Trinajstić information content (AvgIpc) is 2.25. The van der Waals surface area contributed by atoms with E-state index in [0.29, 0.717) is 12.5 Å². The minimum Gasteiger partial charge on any atom is -0.368 e. The minimum atomic E-state index is -0.110. The first-order chi connectivity index (χ1) is 8.38. The Labute approximate surface area is 111 Å². The fourth-order valence-electron chi connectivity index (χ4n) is 1.19. The van der Waals surface area contributed by atoms with E-state index in [9.17, 15) is 4.79 Å².